The average molecular weight is 239 g/mol. The van der Waals surface area contributed by atoms with Crippen molar-refractivity contribution in [3.63, 3.8) is 0 Å². The second-order valence-electron chi connectivity index (χ2n) is 4.38. The molecule has 1 unspecified atom stereocenters. The molecule has 1 atom stereocenters. The Kier molecular flexibility index (Phi) is 4.69. The molecule has 1 rings (SSSR count). The Bertz CT molecular complexity index is 416. The van der Waals surface area contributed by atoms with Gasteiger partial charge in [0.25, 0.3) is 5.56 Å². The quantitative estimate of drug-likeness (QED) is 0.783. The Morgan fingerprint density at radius 3 is 2.76 bits per heavy atom. The van der Waals surface area contributed by atoms with E-state index in [0.29, 0.717) is 18.8 Å². The first kappa shape index (κ1) is 13.7. The van der Waals surface area contributed by atoms with Crippen molar-refractivity contribution in [1.82, 2.24) is 9.55 Å². The smallest absolute Gasteiger partial charge is 0.293 e. The number of aryl methyl sites for hydroxylation is 1. The van der Waals surface area contributed by atoms with E-state index in [1.165, 1.54) is 0 Å². The van der Waals surface area contributed by atoms with Crippen LogP contribution in [0, 0.1) is 0 Å². The van der Waals surface area contributed by atoms with Crippen molar-refractivity contribution in [2.45, 2.75) is 45.7 Å². The van der Waals surface area contributed by atoms with E-state index < -0.39 is 0 Å². The minimum absolute atomic E-state index is 0.0894. The van der Waals surface area contributed by atoms with Crippen molar-refractivity contribution < 1.29 is 5.11 Å². The summed E-state index contributed by atoms with van der Waals surface area (Å²) < 4.78 is 1.60. The highest BCUT2D eigenvalue weighted by molar-refractivity contribution is 5.34. The topological polar surface area (TPSA) is 67.2 Å². The molecule has 5 heteroatoms. The van der Waals surface area contributed by atoms with Crippen molar-refractivity contribution in [2.24, 2.45) is 0 Å². The second kappa shape index (κ2) is 5.82. The largest absolute Gasteiger partial charge is 0.396 e. The van der Waals surface area contributed by atoms with Gasteiger partial charge in [-0.1, -0.05) is 6.92 Å². The lowest BCUT2D eigenvalue weighted by Gasteiger charge is -2.29. The Morgan fingerprint density at radius 2 is 2.24 bits per heavy atom. The van der Waals surface area contributed by atoms with Crippen LogP contribution in [0.2, 0.25) is 0 Å². The summed E-state index contributed by atoms with van der Waals surface area (Å²) in [5, 5.41) is 12.2. The minimum Gasteiger partial charge on any atom is -0.396 e. The molecular formula is C12H21N3O2. The zero-order valence-electron chi connectivity index (χ0n) is 10.7. The van der Waals surface area contributed by atoms with Crippen molar-refractivity contribution >= 4 is 5.82 Å². The first-order valence-corrected chi connectivity index (χ1v) is 6.00. The molecule has 0 saturated carbocycles. The number of anilines is 1. The van der Waals surface area contributed by atoms with Gasteiger partial charge in [0.2, 0.25) is 0 Å². The molecule has 0 spiro atoms. The molecule has 1 aromatic rings. The fourth-order valence-corrected chi connectivity index (χ4v) is 1.64. The molecule has 2 N–H and O–H groups in total. The SMILES string of the molecule is CCn1ccnc(NC(C)(CC)CCO)c1=O. The number of nitrogens with zero attached hydrogens (tertiary/aromatic N) is 2. The average Bonchev–Trinajstić information content (AvgIpc) is 2.32. The highest BCUT2D eigenvalue weighted by Crippen LogP contribution is 2.18. The number of rotatable bonds is 6. The van der Waals surface area contributed by atoms with Gasteiger partial charge in [-0.15, -0.1) is 0 Å². The fraction of sp³-hybridized carbons (Fsp3) is 0.667. The molecule has 0 saturated heterocycles. The minimum atomic E-state index is -0.298. The van der Waals surface area contributed by atoms with E-state index in [-0.39, 0.29) is 17.7 Å². The summed E-state index contributed by atoms with van der Waals surface area (Å²) in [7, 11) is 0. The Hall–Kier alpha value is -1.36. The third-order valence-corrected chi connectivity index (χ3v) is 3.12. The summed E-state index contributed by atoms with van der Waals surface area (Å²) in [6, 6.07) is 0. The van der Waals surface area contributed by atoms with Gasteiger partial charge in [0.15, 0.2) is 5.82 Å². The monoisotopic (exact) mass is 239 g/mol. The second-order valence-corrected chi connectivity index (χ2v) is 4.38. The number of aliphatic hydroxyl groups is 1. The van der Waals surface area contributed by atoms with E-state index in [9.17, 15) is 4.79 Å². The van der Waals surface area contributed by atoms with Gasteiger partial charge in [0.1, 0.15) is 0 Å². The van der Waals surface area contributed by atoms with Gasteiger partial charge in [0.05, 0.1) is 0 Å². The molecule has 0 amide bonds. The molecule has 17 heavy (non-hydrogen) atoms. The summed E-state index contributed by atoms with van der Waals surface area (Å²) in [6.07, 6.45) is 4.69. The number of aromatic nitrogens is 2. The van der Waals surface area contributed by atoms with Crippen LogP contribution in [0.1, 0.15) is 33.6 Å². The molecule has 0 fully saturated rings. The van der Waals surface area contributed by atoms with Gasteiger partial charge in [-0.25, -0.2) is 4.98 Å². The molecule has 1 heterocycles. The number of hydrogen-bond acceptors (Lipinski definition) is 4. The van der Waals surface area contributed by atoms with Gasteiger partial charge in [-0.3, -0.25) is 4.79 Å². The van der Waals surface area contributed by atoms with Crippen LogP contribution in [0.5, 0.6) is 0 Å². The Morgan fingerprint density at radius 1 is 1.53 bits per heavy atom. The van der Waals surface area contributed by atoms with Crippen molar-refractivity contribution in [1.29, 1.82) is 0 Å². The third kappa shape index (κ3) is 3.30. The van der Waals surface area contributed by atoms with Crippen LogP contribution in [0.4, 0.5) is 5.82 Å². The summed E-state index contributed by atoms with van der Waals surface area (Å²) in [5.74, 6) is 0.354. The van der Waals surface area contributed by atoms with Crippen LogP contribution in [0.3, 0.4) is 0 Å². The van der Waals surface area contributed by atoms with E-state index >= 15 is 0 Å². The van der Waals surface area contributed by atoms with Crippen LogP contribution in [-0.4, -0.2) is 26.8 Å². The third-order valence-electron chi connectivity index (χ3n) is 3.12. The first-order chi connectivity index (χ1) is 8.06. The number of aliphatic hydroxyl groups excluding tert-OH is 1. The molecule has 0 aromatic carbocycles. The molecule has 96 valence electrons. The van der Waals surface area contributed by atoms with E-state index in [2.05, 4.69) is 10.3 Å². The molecule has 1 aromatic heterocycles. The lowest BCUT2D eigenvalue weighted by atomic mass is 9.95. The lowest BCUT2D eigenvalue weighted by molar-refractivity contribution is 0.251. The van der Waals surface area contributed by atoms with Crippen LogP contribution in [-0.2, 0) is 6.54 Å². The predicted octanol–water partition coefficient (Wildman–Crippen LogP) is 1.23. The van der Waals surface area contributed by atoms with E-state index in [1.54, 1.807) is 17.0 Å². The summed E-state index contributed by atoms with van der Waals surface area (Å²) in [5.41, 5.74) is -0.416. The maximum absolute atomic E-state index is 12.0. The maximum atomic E-state index is 12.0. The molecule has 5 nitrogen and oxygen atoms in total. The van der Waals surface area contributed by atoms with E-state index in [4.69, 9.17) is 5.11 Å². The summed E-state index contributed by atoms with van der Waals surface area (Å²) in [4.78, 5) is 16.0. The number of nitrogens with one attached hydrogen (secondary N) is 1. The zero-order valence-corrected chi connectivity index (χ0v) is 10.7. The standard InChI is InChI=1S/C12H21N3O2/c1-4-12(3,6-9-16)14-10-11(17)15(5-2)8-7-13-10/h7-8,16H,4-6,9H2,1-3H3,(H,13,14). The molecule has 0 bridgehead atoms. The van der Waals surface area contributed by atoms with Gasteiger partial charge < -0.3 is 15.0 Å². The molecule has 0 radical (unpaired) electrons. The van der Waals surface area contributed by atoms with Crippen molar-refractivity contribution in [3.05, 3.63) is 22.7 Å². The molecular weight excluding hydrogens is 218 g/mol. The van der Waals surface area contributed by atoms with Gasteiger partial charge in [-0.2, -0.15) is 0 Å². The van der Waals surface area contributed by atoms with Crippen molar-refractivity contribution in [2.75, 3.05) is 11.9 Å². The summed E-state index contributed by atoms with van der Waals surface area (Å²) in [6.45, 7) is 6.63. The molecule has 0 aliphatic rings. The van der Waals surface area contributed by atoms with Gasteiger partial charge in [0, 0.05) is 31.1 Å². The zero-order chi connectivity index (χ0) is 12.9. The van der Waals surface area contributed by atoms with Crippen LogP contribution >= 0.6 is 0 Å². The van der Waals surface area contributed by atoms with E-state index in [0.717, 1.165) is 6.42 Å². The Labute approximate surface area is 102 Å². The lowest BCUT2D eigenvalue weighted by Crippen LogP contribution is -2.38. The Balaban J connectivity index is 2.98. The maximum Gasteiger partial charge on any atom is 0.293 e. The molecule has 0 aliphatic heterocycles. The van der Waals surface area contributed by atoms with Crippen LogP contribution in [0.25, 0.3) is 0 Å². The normalized spacial score (nSPS) is 14.4. The van der Waals surface area contributed by atoms with Crippen LogP contribution in [0.15, 0.2) is 17.2 Å². The van der Waals surface area contributed by atoms with Crippen molar-refractivity contribution in [3.8, 4) is 0 Å². The predicted molar refractivity (Wildman–Crippen MR) is 68.2 cm³/mol. The highest BCUT2D eigenvalue weighted by Gasteiger charge is 2.22. The van der Waals surface area contributed by atoms with Crippen LogP contribution < -0.4 is 10.9 Å². The van der Waals surface area contributed by atoms with Gasteiger partial charge >= 0.3 is 0 Å². The first-order valence-electron chi connectivity index (χ1n) is 6.00. The van der Waals surface area contributed by atoms with Gasteiger partial charge in [-0.05, 0) is 26.7 Å². The highest BCUT2D eigenvalue weighted by atomic mass is 16.3. The summed E-state index contributed by atoms with van der Waals surface area (Å²) >= 11 is 0. The fourth-order valence-electron chi connectivity index (χ4n) is 1.64. The molecule has 0 aliphatic carbocycles. The van der Waals surface area contributed by atoms with E-state index in [1.807, 2.05) is 20.8 Å². The number of hydrogen-bond donors (Lipinski definition) is 2.